The van der Waals surface area contributed by atoms with E-state index in [1.165, 1.54) is 18.3 Å². The summed E-state index contributed by atoms with van der Waals surface area (Å²) in [6.45, 7) is 0.597. The van der Waals surface area contributed by atoms with Gasteiger partial charge in [0.1, 0.15) is 5.82 Å². The number of anilines is 3. The van der Waals surface area contributed by atoms with Crippen molar-refractivity contribution in [3.8, 4) is 0 Å². The van der Waals surface area contributed by atoms with Crippen LogP contribution in [0.4, 0.5) is 21.8 Å². The number of aromatic nitrogens is 3. The summed E-state index contributed by atoms with van der Waals surface area (Å²) < 4.78 is 12.9. The summed E-state index contributed by atoms with van der Waals surface area (Å²) in [4.78, 5) is 4.33. The van der Waals surface area contributed by atoms with Gasteiger partial charge in [-0.05, 0) is 42.3 Å². The minimum Gasteiger partial charge on any atom is -0.353 e. The predicted molar refractivity (Wildman–Crippen MR) is 98.2 cm³/mol. The molecule has 0 radical (unpaired) electrons. The average Bonchev–Trinajstić information content (AvgIpc) is 2.56. The number of nitrogens with one attached hydrogen (secondary N) is 2. The monoisotopic (exact) mass is 377 g/mol. The third-order valence-electron chi connectivity index (χ3n) is 3.30. The largest absolute Gasteiger partial charge is 0.353 e. The molecule has 0 amide bonds. The van der Waals surface area contributed by atoms with Crippen molar-refractivity contribution < 1.29 is 4.39 Å². The third kappa shape index (κ3) is 5.27. The summed E-state index contributed by atoms with van der Waals surface area (Å²) >= 11 is 12.0. The molecule has 0 saturated carbocycles. The molecule has 0 saturated heterocycles. The van der Waals surface area contributed by atoms with Crippen LogP contribution in [-0.2, 0) is 6.42 Å². The normalized spacial score (nSPS) is 10.5. The van der Waals surface area contributed by atoms with E-state index in [0.717, 1.165) is 5.56 Å². The molecule has 0 aliphatic rings. The SMILES string of the molecule is Fc1ccc(CCNc2nncc(Nc3cc(Cl)cc(Cl)c3)n2)cc1. The Labute approximate surface area is 154 Å². The molecule has 1 aromatic heterocycles. The van der Waals surface area contributed by atoms with Crippen molar-refractivity contribution in [2.24, 2.45) is 0 Å². The summed E-state index contributed by atoms with van der Waals surface area (Å²) in [5.41, 5.74) is 1.72. The van der Waals surface area contributed by atoms with Crippen molar-refractivity contribution >= 4 is 40.7 Å². The van der Waals surface area contributed by atoms with Crippen LogP contribution in [0.2, 0.25) is 10.0 Å². The van der Waals surface area contributed by atoms with Crippen LogP contribution in [0.15, 0.2) is 48.7 Å². The fourth-order valence-corrected chi connectivity index (χ4v) is 2.71. The molecule has 128 valence electrons. The van der Waals surface area contributed by atoms with Gasteiger partial charge >= 0.3 is 0 Å². The van der Waals surface area contributed by atoms with Gasteiger partial charge in [0, 0.05) is 22.3 Å². The van der Waals surface area contributed by atoms with Gasteiger partial charge in [-0.2, -0.15) is 10.1 Å². The maximum absolute atomic E-state index is 12.9. The van der Waals surface area contributed by atoms with Crippen molar-refractivity contribution in [3.63, 3.8) is 0 Å². The molecule has 5 nitrogen and oxygen atoms in total. The first-order chi connectivity index (χ1) is 12.1. The highest BCUT2D eigenvalue weighted by Crippen LogP contribution is 2.24. The van der Waals surface area contributed by atoms with Gasteiger partial charge in [0.05, 0.1) is 6.20 Å². The van der Waals surface area contributed by atoms with E-state index in [4.69, 9.17) is 23.2 Å². The number of hydrogen-bond donors (Lipinski definition) is 2. The molecule has 3 rings (SSSR count). The van der Waals surface area contributed by atoms with Gasteiger partial charge in [0.2, 0.25) is 5.95 Å². The van der Waals surface area contributed by atoms with E-state index in [2.05, 4.69) is 25.8 Å². The van der Waals surface area contributed by atoms with Crippen LogP contribution >= 0.6 is 23.2 Å². The zero-order valence-electron chi connectivity index (χ0n) is 13.0. The topological polar surface area (TPSA) is 62.7 Å². The average molecular weight is 378 g/mol. The van der Waals surface area contributed by atoms with Crippen LogP contribution in [0.1, 0.15) is 5.56 Å². The summed E-state index contributed by atoms with van der Waals surface area (Å²) in [5, 5.41) is 15.1. The Morgan fingerprint density at radius 3 is 2.44 bits per heavy atom. The fourth-order valence-electron chi connectivity index (χ4n) is 2.18. The van der Waals surface area contributed by atoms with Crippen LogP contribution < -0.4 is 10.6 Å². The number of nitrogens with zero attached hydrogens (tertiary/aromatic N) is 3. The van der Waals surface area contributed by atoms with Crippen molar-refractivity contribution in [2.75, 3.05) is 17.2 Å². The zero-order valence-corrected chi connectivity index (χ0v) is 14.5. The number of halogens is 3. The Kier molecular flexibility index (Phi) is 5.63. The molecule has 25 heavy (non-hydrogen) atoms. The highest BCUT2D eigenvalue weighted by atomic mass is 35.5. The molecule has 8 heteroatoms. The molecule has 2 aromatic carbocycles. The minimum atomic E-state index is -0.246. The molecule has 0 fully saturated rings. The Balaban J connectivity index is 1.60. The Morgan fingerprint density at radius 1 is 1.00 bits per heavy atom. The molecule has 0 aliphatic heterocycles. The maximum Gasteiger partial charge on any atom is 0.244 e. The van der Waals surface area contributed by atoms with Gasteiger partial charge in [-0.1, -0.05) is 35.3 Å². The van der Waals surface area contributed by atoms with Crippen LogP contribution in [-0.4, -0.2) is 21.7 Å². The van der Waals surface area contributed by atoms with E-state index in [1.54, 1.807) is 30.3 Å². The predicted octanol–water partition coefficient (Wildman–Crippen LogP) is 4.72. The summed E-state index contributed by atoms with van der Waals surface area (Å²) in [6.07, 6.45) is 2.21. The van der Waals surface area contributed by atoms with Gasteiger partial charge in [-0.3, -0.25) is 0 Å². The molecule has 0 atom stereocenters. The Hall–Kier alpha value is -2.44. The van der Waals surface area contributed by atoms with Crippen LogP contribution in [0, 0.1) is 5.82 Å². The number of rotatable bonds is 6. The van der Waals surface area contributed by atoms with Gasteiger partial charge in [-0.25, -0.2) is 4.39 Å². The zero-order chi connectivity index (χ0) is 17.6. The first kappa shape index (κ1) is 17.4. The van der Waals surface area contributed by atoms with Gasteiger partial charge in [0.25, 0.3) is 0 Å². The van der Waals surface area contributed by atoms with Gasteiger partial charge in [-0.15, -0.1) is 5.10 Å². The lowest BCUT2D eigenvalue weighted by atomic mass is 10.1. The van der Waals surface area contributed by atoms with Crippen molar-refractivity contribution in [1.29, 1.82) is 0 Å². The second-order valence-electron chi connectivity index (χ2n) is 5.25. The first-order valence-corrected chi connectivity index (χ1v) is 8.25. The molecule has 0 aliphatic carbocycles. The van der Waals surface area contributed by atoms with Crippen molar-refractivity contribution in [1.82, 2.24) is 15.2 Å². The Bertz CT molecular complexity index is 838. The van der Waals surface area contributed by atoms with E-state index in [1.807, 2.05) is 0 Å². The lowest BCUT2D eigenvalue weighted by Gasteiger charge is -2.08. The quantitative estimate of drug-likeness (QED) is 0.650. The van der Waals surface area contributed by atoms with E-state index >= 15 is 0 Å². The number of benzene rings is 2. The Morgan fingerprint density at radius 2 is 1.72 bits per heavy atom. The lowest BCUT2D eigenvalue weighted by Crippen LogP contribution is -2.09. The minimum absolute atomic E-state index is 0.246. The van der Waals surface area contributed by atoms with Crippen LogP contribution in [0.25, 0.3) is 0 Å². The molecule has 2 N–H and O–H groups in total. The smallest absolute Gasteiger partial charge is 0.244 e. The third-order valence-corrected chi connectivity index (χ3v) is 3.74. The van der Waals surface area contributed by atoms with E-state index in [-0.39, 0.29) is 5.82 Å². The van der Waals surface area contributed by atoms with E-state index in [0.29, 0.717) is 40.5 Å². The second-order valence-corrected chi connectivity index (χ2v) is 6.12. The van der Waals surface area contributed by atoms with Crippen LogP contribution in [0.3, 0.4) is 0 Å². The molecule has 0 unspecified atom stereocenters. The maximum atomic E-state index is 12.9. The molecular formula is C17H14Cl2FN5. The van der Waals surface area contributed by atoms with E-state index in [9.17, 15) is 4.39 Å². The molecule has 3 aromatic rings. The van der Waals surface area contributed by atoms with Crippen LogP contribution in [0.5, 0.6) is 0 Å². The molecule has 0 bridgehead atoms. The van der Waals surface area contributed by atoms with Gasteiger partial charge < -0.3 is 10.6 Å². The second kappa shape index (κ2) is 8.09. The molecular weight excluding hydrogens is 364 g/mol. The summed E-state index contributed by atoms with van der Waals surface area (Å²) in [5.74, 6) is 0.655. The van der Waals surface area contributed by atoms with Gasteiger partial charge in [0.15, 0.2) is 5.82 Å². The van der Waals surface area contributed by atoms with E-state index < -0.39 is 0 Å². The first-order valence-electron chi connectivity index (χ1n) is 7.50. The number of hydrogen-bond acceptors (Lipinski definition) is 5. The summed E-state index contributed by atoms with van der Waals surface area (Å²) in [6, 6.07) is 11.5. The standard InChI is InChI=1S/C17H14Cl2FN5/c18-12-7-13(19)9-15(8-12)23-16-10-22-25-17(24-16)21-6-5-11-1-3-14(20)4-2-11/h1-4,7-10H,5-6H2,(H2,21,23,24,25). The van der Waals surface area contributed by atoms with Crippen molar-refractivity contribution in [2.45, 2.75) is 6.42 Å². The highest BCUT2D eigenvalue weighted by Gasteiger charge is 2.03. The molecule has 0 spiro atoms. The molecule has 1 heterocycles. The fraction of sp³-hybridized carbons (Fsp3) is 0.118. The summed E-state index contributed by atoms with van der Waals surface area (Å²) in [7, 11) is 0. The lowest BCUT2D eigenvalue weighted by molar-refractivity contribution is 0.627. The van der Waals surface area contributed by atoms with Crippen molar-refractivity contribution in [3.05, 3.63) is 70.1 Å². The highest BCUT2D eigenvalue weighted by molar-refractivity contribution is 6.35.